The van der Waals surface area contributed by atoms with Gasteiger partial charge in [0.25, 0.3) is 5.91 Å². The summed E-state index contributed by atoms with van der Waals surface area (Å²) >= 11 is 6.36. The van der Waals surface area contributed by atoms with Crippen LogP contribution in [-0.2, 0) is 15.8 Å². The summed E-state index contributed by atoms with van der Waals surface area (Å²) in [5, 5.41) is 8.75. The van der Waals surface area contributed by atoms with Crippen molar-refractivity contribution in [3.8, 4) is 11.1 Å². The van der Waals surface area contributed by atoms with Crippen LogP contribution in [0.15, 0.2) is 53.4 Å². The Morgan fingerprint density at radius 3 is 2.43 bits per heavy atom. The third kappa shape index (κ3) is 5.09. The van der Waals surface area contributed by atoms with Gasteiger partial charge in [0.2, 0.25) is 0 Å². The first-order valence-electron chi connectivity index (χ1n) is 8.90. The van der Waals surface area contributed by atoms with Crippen LogP contribution in [0.2, 0.25) is 0 Å². The number of nitrogens with zero attached hydrogens (tertiary/aromatic N) is 1. The molecule has 0 radical (unpaired) electrons. The lowest BCUT2D eigenvalue weighted by Crippen LogP contribution is -2.29. The molecule has 0 aromatic heterocycles. The Kier molecular flexibility index (Phi) is 6.62. The van der Waals surface area contributed by atoms with E-state index in [0.29, 0.717) is 25.9 Å². The number of carbonyl (C=O) groups is 2. The molecule has 0 saturated carbocycles. The molecule has 0 aliphatic carbocycles. The van der Waals surface area contributed by atoms with Crippen molar-refractivity contribution in [2.45, 2.75) is 19.0 Å². The maximum Gasteiger partial charge on any atom is 0.416 e. The Morgan fingerprint density at radius 2 is 1.80 bits per heavy atom. The van der Waals surface area contributed by atoms with E-state index in [1.807, 2.05) is 0 Å². The van der Waals surface area contributed by atoms with E-state index in [4.69, 9.17) is 17.3 Å². The monoisotopic (exact) mass is 451 g/mol. The Hall–Kier alpha value is -2.65. The number of carbonyl (C=O) groups excluding carboxylic acids is 1. The first kappa shape index (κ1) is 22.0. The highest BCUT2D eigenvalue weighted by atomic mass is 32.2. The fourth-order valence-electron chi connectivity index (χ4n) is 2.95. The van der Waals surface area contributed by atoms with Crippen molar-refractivity contribution in [1.29, 1.82) is 0 Å². The first-order valence-corrected chi connectivity index (χ1v) is 10.1. The molecule has 1 amide bonds. The Labute approximate surface area is 180 Å². The lowest BCUT2D eigenvalue weighted by atomic mass is 9.98. The number of hydrogen-bond donors (Lipinski definition) is 1. The largest absolute Gasteiger partial charge is 0.481 e. The van der Waals surface area contributed by atoms with E-state index in [1.54, 1.807) is 30.3 Å². The lowest BCUT2D eigenvalue weighted by molar-refractivity contribution is -0.138. The van der Waals surface area contributed by atoms with Crippen LogP contribution in [0.5, 0.6) is 0 Å². The number of aliphatic carboxylic acids is 1. The SMILES string of the molecule is O=C(O)CCCN1C(=O)C(=Cc2ccccc2-c2ccc(C(F)(F)F)cc2)SC1=S. The third-order valence-corrected chi connectivity index (χ3v) is 5.79. The van der Waals surface area contributed by atoms with Crippen LogP contribution in [-0.4, -0.2) is 32.7 Å². The number of rotatable bonds is 6. The minimum atomic E-state index is -4.41. The molecule has 1 aliphatic heterocycles. The minimum absolute atomic E-state index is 0.0626. The molecule has 0 unspecified atom stereocenters. The fourth-order valence-corrected chi connectivity index (χ4v) is 4.25. The predicted molar refractivity (Wildman–Crippen MR) is 114 cm³/mol. The van der Waals surface area contributed by atoms with Crippen LogP contribution in [0.4, 0.5) is 13.2 Å². The second-order valence-corrected chi connectivity index (χ2v) is 8.17. The number of benzene rings is 2. The number of carboxylic acid groups (broad SMARTS) is 1. The number of thiocarbonyl (C=S) groups is 1. The van der Waals surface area contributed by atoms with Gasteiger partial charge in [0.15, 0.2) is 0 Å². The lowest BCUT2D eigenvalue weighted by Gasteiger charge is -2.13. The summed E-state index contributed by atoms with van der Waals surface area (Å²) < 4.78 is 38.8. The van der Waals surface area contributed by atoms with Gasteiger partial charge in [-0.15, -0.1) is 0 Å². The highest BCUT2D eigenvalue weighted by molar-refractivity contribution is 8.26. The molecule has 156 valence electrons. The van der Waals surface area contributed by atoms with E-state index >= 15 is 0 Å². The Bertz CT molecular complexity index is 1020. The molecule has 1 aliphatic rings. The van der Waals surface area contributed by atoms with Crippen LogP contribution in [0, 0.1) is 0 Å². The van der Waals surface area contributed by atoms with Crippen molar-refractivity contribution in [1.82, 2.24) is 4.90 Å². The van der Waals surface area contributed by atoms with Crippen LogP contribution in [0.25, 0.3) is 17.2 Å². The van der Waals surface area contributed by atoms with Crippen LogP contribution in [0.3, 0.4) is 0 Å². The van der Waals surface area contributed by atoms with Gasteiger partial charge in [0.1, 0.15) is 4.32 Å². The first-order chi connectivity index (χ1) is 14.2. The van der Waals surface area contributed by atoms with E-state index in [0.717, 1.165) is 23.9 Å². The van der Waals surface area contributed by atoms with Gasteiger partial charge >= 0.3 is 12.1 Å². The van der Waals surface area contributed by atoms with Crippen molar-refractivity contribution < 1.29 is 27.9 Å². The van der Waals surface area contributed by atoms with Crippen molar-refractivity contribution >= 4 is 46.3 Å². The summed E-state index contributed by atoms with van der Waals surface area (Å²) in [6, 6.07) is 11.9. The topological polar surface area (TPSA) is 57.6 Å². The molecule has 0 atom stereocenters. The number of alkyl halides is 3. The molecule has 1 fully saturated rings. The fraction of sp³-hybridized carbons (Fsp3) is 0.190. The molecule has 0 spiro atoms. The zero-order valence-corrected chi connectivity index (χ0v) is 17.1. The summed E-state index contributed by atoms with van der Waals surface area (Å²) in [7, 11) is 0. The summed E-state index contributed by atoms with van der Waals surface area (Å²) in [5.41, 5.74) is 1.21. The Morgan fingerprint density at radius 1 is 1.13 bits per heavy atom. The highest BCUT2D eigenvalue weighted by Crippen LogP contribution is 2.36. The van der Waals surface area contributed by atoms with Crippen molar-refractivity contribution in [2.75, 3.05) is 6.54 Å². The summed E-state index contributed by atoms with van der Waals surface area (Å²) in [6.45, 7) is 0.217. The van der Waals surface area contributed by atoms with Gasteiger partial charge in [-0.2, -0.15) is 13.2 Å². The van der Waals surface area contributed by atoms with Gasteiger partial charge in [-0.1, -0.05) is 60.4 Å². The third-order valence-electron chi connectivity index (χ3n) is 4.42. The minimum Gasteiger partial charge on any atom is -0.481 e. The molecule has 1 heterocycles. The molecule has 2 aromatic carbocycles. The van der Waals surface area contributed by atoms with E-state index in [-0.39, 0.29) is 25.3 Å². The smallest absolute Gasteiger partial charge is 0.416 e. The molecule has 30 heavy (non-hydrogen) atoms. The number of thioether (sulfide) groups is 1. The van der Waals surface area contributed by atoms with Crippen molar-refractivity contribution in [3.05, 3.63) is 64.6 Å². The van der Waals surface area contributed by atoms with Gasteiger partial charge in [-0.3, -0.25) is 14.5 Å². The van der Waals surface area contributed by atoms with E-state index in [9.17, 15) is 22.8 Å². The number of halogens is 3. The molecule has 0 bridgehead atoms. The second-order valence-electron chi connectivity index (χ2n) is 6.49. The summed E-state index contributed by atoms with van der Waals surface area (Å²) in [4.78, 5) is 25.1. The van der Waals surface area contributed by atoms with Crippen LogP contribution in [0.1, 0.15) is 24.0 Å². The molecular formula is C21H16F3NO3S2. The molecule has 9 heteroatoms. The molecular weight excluding hydrogens is 435 g/mol. The standard InChI is InChI=1S/C21H16F3NO3S2/c22-21(23,24)15-9-7-13(8-10-15)16-5-2-1-4-14(16)12-17-19(28)25(20(29)30-17)11-3-6-18(26)27/h1-2,4-5,7-10,12H,3,6,11H2,(H,26,27). The Balaban J connectivity index is 1.86. The number of amides is 1. The molecule has 4 nitrogen and oxygen atoms in total. The summed E-state index contributed by atoms with van der Waals surface area (Å²) in [5.74, 6) is -1.25. The average molecular weight is 451 g/mol. The maximum atomic E-state index is 12.8. The van der Waals surface area contributed by atoms with Crippen LogP contribution >= 0.6 is 24.0 Å². The van der Waals surface area contributed by atoms with Crippen molar-refractivity contribution in [2.24, 2.45) is 0 Å². The predicted octanol–water partition coefficient (Wildman–Crippen LogP) is 5.44. The normalized spacial score (nSPS) is 15.8. The van der Waals surface area contributed by atoms with Crippen LogP contribution < -0.4 is 0 Å². The highest BCUT2D eigenvalue weighted by Gasteiger charge is 2.32. The zero-order chi connectivity index (χ0) is 21.9. The molecule has 3 rings (SSSR count). The average Bonchev–Trinajstić information content (AvgIpc) is 2.95. The maximum absolute atomic E-state index is 12.8. The second kappa shape index (κ2) is 9.01. The summed E-state index contributed by atoms with van der Waals surface area (Å²) in [6.07, 6.45) is -2.53. The van der Waals surface area contributed by atoms with Gasteiger partial charge in [-0.05, 0) is 41.3 Å². The molecule has 1 N–H and O–H groups in total. The van der Waals surface area contributed by atoms with Gasteiger partial charge in [0.05, 0.1) is 10.5 Å². The van der Waals surface area contributed by atoms with Crippen molar-refractivity contribution in [3.63, 3.8) is 0 Å². The van der Waals surface area contributed by atoms with E-state index in [2.05, 4.69) is 0 Å². The van der Waals surface area contributed by atoms with E-state index in [1.165, 1.54) is 17.0 Å². The molecule has 2 aromatic rings. The van der Waals surface area contributed by atoms with Gasteiger partial charge in [0, 0.05) is 13.0 Å². The van der Waals surface area contributed by atoms with E-state index < -0.39 is 17.7 Å². The number of carboxylic acids is 1. The number of hydrogen-bond acceptors (Lipinski definition) is 4. The molecule has 1 saturated heterocycles. The van der Waals surface area contributed by atoms with Gasteiger partial charge in [-0.25, -0.2) is 0 Å². The zero-order valence-electron chi connectivity index (χ0n) is 15.5. The van der Waals surface area contributed by atoms with Gasteiger partial charge < -0.3 is 5.11 Å². The quantitative estimate of drug-likeness (QED) is 0.468.